The van der Waals surface area contributed by atoms with E-state index in [4.69, 9.17) is 9.47 Å². The van der Waals surface area contributed by atoms with E-state index in [0.29, 0.717) is 6.61 Å². The third kappa shape index (κ3) is 4.49. The Morgan fingerprint density at radius 3 is 3.04 bits per heavy atom. The van der Waals surface area contributed by atoms with Crippen LogP contribution in [0.25, 0.3) is 17.0 Å². The zero-order valence-corrected chi connectivity index (χ0v) is 14.7. The van der Waals surface area contributed by atoms with Crippen molar-refractivity contribution in [1.82, 2.24) is 4.98 Å². The van der Waals surface area contributed by atoms with Gasteiger partial charge in [-0.2, -0.15) is 0 Å². The van der Waals surface area contributed by atoms with Gasteiger partial charge in [-0.25, -0.2) is 0 Å². The second-order valence-electron chi connectivity index (χ2n) is 6.52. The first-order valence-electron chi connectivity index (χ1n) is 9.38. The van der Waals surface area contributed by atoms with E-state index in [0.717, 1.165) is 32.3 Å². The lowest BCUT2D eigenvalue weighted by Gasteiger charge is -2.22. The average Bonchev–Trinajstić information content (AvgIpc) is 2.97. The van der Waals surface area contributed by atoms with Gasteiger partial charge in [-0.05, 0) is 49.8 Å². The summed E-state index contributed by atoms with van der Waals surface area (Å²) in [5.74, 6) is 0. The standard InChI is InChI=1S/C21H29NO2/c1-2-3-4-5-11-20-18(17-10-6-7-12-19(17)22-20)14-16-24-21-13-8-9-15-23-21/h5-7,10-12,21-22H,2-4,8-9,13-16H2,1H3/b11-5+. The second kappa shape index (κ2) is 9.05. The van der Waals surface area contributed by atoms with Crippen LogP contribution in [-0.2, 0) is 15.9 Å². The molecular weight excluding hydrogens is 298 g/mol. The number of allylic oxidation sites excluding steroid dienone is 1. The molecule has 24 heavy (non-hydrogen) atoms. The Morgan fingerprint density at radius 2 is 2.21 bits per heavy atom. The van der Waals surface area contributed by atoms with Crippen LogP contribution in [0.2, 0.25) is 0 Å². The molecule has 3 heteroatoms. The van der Waals surface area contributed by atoms with E-state index >= 15 is 0 Å². The number of aromatic amines is 1. The molecule has 1 N–H and O–H groups in total. The lowest BCUT2D eigenvalue weighted by Crippen LogP contribution is -2.23. The van der Waals surface area contributed by atoms with Gasteiger partial charge in [-0.1, -0.05) is 44.0 Å². The summed E-state index contributed by atoms with van der Waals surface area (Å²) in [7, 11) is 0. The van der Waals surface area contributed by atoms with E-state index in [-0.39, 0.29) is 6.29 Å². The molecule has 1 atom stereocenters. The molecule has 0 aliphatic carbocycles. The Morgan fingerprint density at radius 1 is 1.29 bits per heavy atom. The molecule has 0 radical (unpaired) electrons. The van der Waals surface area contributed by atoms with Gasteiger partial charge in [0.1, 0.15) is 0 Å². The quantitative estimate of drug-likeness (QED) is 0.654. The number of H-pyrrole nitrogens is 1. The van der Waals surface area contributed by atoms with Gasteiger partial charge >= 0.3 is 0 Å². The molecule has 1 aliphatic rings. The zero-order chi connectivity index (χ0) is 16.6. The molecule has 0 spiro atoms. The number of rotatable bonds is 8. The molecule has 1 aliphatic heterocycles. The Balaban J connectivity index is 1.68. The van der Waals surface area contributed by atoms with Crippen LogP contribution >= 0.6 is 0 Å². The van der Waals surface area contributed by atoms with E-state index < -0.39 is 0 Å². The number of benzene rings is 1. The maximum atomic E-state index is 5.94. The van der Waals surface area contributed by atoms with Crippen LogP contribution in [0, 0.1) is 0 Å². The third-order valence-corrected chi connectivity index (χ3v) is 4.65. The smallest absolute Gasteiger partial charge is 0.157 e. The van der Waals surface area contributed by atoms with Crippen molar-refractivity contribution in [2.45, 2.75) is 58.2 Å². The second-order valence-corrected chi connectivity index (χ2v) is 6.52. The first kappa shape index (κ1) is 17.2. The summed E-state index contributed by atoms with van der Waals surface area (Å²) in [5.41, 5.74) is 3.78. The summed E-state index contributed by atoms with van der Waals surface area (Å²) in [6.07, 6.45) is 12.4. The van der Waals surface area contributed by atoms with Crippen LogP contribution in [-0.4, -0.2) is 24.5 Å². The fraction of sp³-hybridized carbons (Fsp3) is 0.524. The maximum Gasteiger partial charge on any atom is 0.157 e. The predicted molar refractivity (Wildman–Crippen MR) is 100 cm³/mol. The van der Waals surface area contributed by atoms with Gasteiger partial charge in [0.05, 0.1) is 6.61 Å². The number of unbranched alkanes of at least 4 members (excludes halogenated alkanes) is 2. The minimum Gasteiger partial charge on any atom is -0.355 e. The molecule has 3 rings (SSSR count). The van der Waals surface area contributed by atoms with Crippen molar-refractivity contribution in [3.63, 3.8) is 0 Å². The Labute approximate surface area is 145 Å². The van der Waals surface area contributed by atoms with E-state index in [1.54, 1.807) is 0 Å². The first-order chi connectivity index (χ1) is 11.9. The lowest BCUT2D eigenvalue weighted by molar-refractivity contribution is -0.161. The van der Waals surface area contributed by atoms with Gasteiger partial charge in [-0.3, -0.25) is 0 Å². The van der Waals surface area contributed by atoms with E-state index in [2.05, 4.69) is 48.3 Å². The lowest BCUT2D eigenvalue weighted by atomic mass is 10.1. The topological polar surface area (TPSA) is 34.2 Å². The van der Waals surface area contributed by atoms with E-state index in [9.17, 15) is 0 Å². The molecule has 1 unspecified atom stereocenters. The minimum absolute atomic E-state index is 0.00694. The van der Waals surface area contributed by atoms with Crippen molar-refractivity contribution < 1.29 is 9.47 Å². The van der Waals surface area contributed by atoms with Gasteiger partial charge in [0, 0.05) is 23.2 Å². The van der Waals surface area contributed by atoms with Gasteiger partial charge < -0.3 is 14.5 Å². The van der Waals surface area contributed by atoms with Crippen molar-refractivity contribution in [3.8, 4) is 0 Å². The highest BCUT2D eigenvalue weighted by molar-refractivity contribution is 5.87. The highest BCUT2D eigenvalue weighted by atomic mass is 16.7. The summed E-state index contributed by atoms with van der Waals surface area (Å²) < 4.78 is 11.6. The van der Waals surface area contributed by atoms with Crippen LogP contribution in [0.4, 0.5) is 0 Å². The number of ether oxygens (including phenoxy) is 2. The fourth-order valence-corrected chi connectivity index (χ4v) is 3.29. The monoisotopic (exact) mass is 327 g/mol. The van der Waals surface area contributed by atoms with Crippen molar-refractivity contribution in [3.05, 3.63) is 41.6 Å². The van der Waals surface area contributed by atoms with Gasteiger partial charge in [-0.15, -0.1) is 0 Å². The summed E-state index contributed by atoms with van der Waals surface area (Å²) in [4.78, 5) is 3.56. The molecule has 130 valence electrons. The van der Waals surface area contributed by atoms with Gasteiger partial charge in [0.25, 0.3) is 0 Å². The SMILES string of the molecule is CCCC/C=C/c1[nH]c2ccccc2c1CCOC1CCCCO1. The van der Waals surface area contributed by atoms with Crippen molar-refractivity contribution >= 4 is 17.0 Å². The summed E-state index contributed by atoms with van der Waals surface area (Å²) in [6, 6.07) is 8.53. The number of hydrogen-bond acceptors (Lipinski definition) is 2. The molecule has 1 saturated heterocycles. The largest absolute Gasteiger partial charge is 0.355 e. The highest BCUT2D eigenvalue weighted by Crippen LogP contribution is 2.25. The number of fused-ring (bicyclic) bond motifs is 1. The van der Waals surface area contributed by atoms with E-state index in [1.165, 1.54) is 41.4 Å². The third-order valence-electron chi connectivity index (χ3n) is 4.65. The Kier molecular flexibility index (Phi) is 6.50. The first-order valence-corrected chi connectivity index (χ1v) is 9.38. The van der Waals surface area contributed by atoms with Gasteiger partial charge in [0.2, 0.25) is 0 Å². The molecule has 3 nitrogen and oxygen atoms in total. The molecule has 1 aromatic heterocycles. The number of nitrogens with one attached hydrogen (secondary N) is 1. The zero-order valence-electron chi connectivity index (χ0n) is 14.7. The number of para-hydroxylation sites is 1. The molecule has 0 amide bonds. The molecule has 0 bridgehead atoms. The molecule has 2 aromatic rings. The normalized spacial score (nSPS) is 18.6. The summed E-state index contributed by atoms with van der Waals surface area (Å²) >= 11 is 0. The van der Waals surface area contributed by atoms with Crippen molar-refractivity contribution in [2.24, 2.45) is 0 Å². The molecule has 0 saturated carbocycles. The van der Waals surface area contributed by atoms with Crippen LogP contribution in [0.1, 0.15) is 56.7 Å². The molecule has 1 aromatic carbocycles. The average molecular weight is 327 g/mol. The van der Waals surface area contributed by atoms with Crippen LogP contribution < -0.4 is 0 Å². The number of hydrogen-bond donors (Lipinski definition) is 1. The Bertz CT molecular complexity index is 653. The Hall–Kier alpha value is -1.58. The van der Waals surface area contributed by atoms with Crippen molar-refractivity contribution in [2.75, 3.05) is 13.2 Å². The van der Waals surface area contributed by atoms with Crippen molar-refractivity contribution in [1.29, 1.82) is 0 Å². The number of aromatic nitrogens is 1. The highest BCUT2D eigenvalue weighted by Gasteiger charge is 2.15. The van der Waals surface area contributed by atoms with E-state index in [1.807, 2.05) is 0 Å². The summed E-state index contributed by atoms with van der Waals surface area (Å²) in [5, 5.41) is 1.31. The van der Waals surface area contributed by atoms with Crippen LogP contribution in [0.15, 0.2) is 30.3 Å². The maximum absolute atomic E-state index is 5.94. The molecular formula is C21H29NO2. The fourth-order valence-electron chi connectivity index (χ4n) is 3.29. The minimum atomic E-state index is -0.00694. The summed E-state index contributed by atoms with van der Waals surface area (Å²) in [6.45, 7) is 3.78. The molecule has 1 fully saturated rings. The predicted octanol–water partition coefficient (Wildman–Crippen LogP) is 5.46. The van der Waals surface area contributed by atoms with Crippen LogP contribution in [0.5, 0.6) is 0 Å². The molecule has 2 heterocycles. The van der Waals surface area contributed by atoms with Gasteiger partial charge in [0.15, 0.2) is 6.29 Å². The van der Waals surface area contributed by atoms with Crippen LogP contribution in [0.3, 0.4) is 0 Å².